The summed E-state index contributed by atoms with van der Waals surface area (Å²) in [5.74, 6) is -0.314. The number of carbonyl (C=O) groups is 1. The Morgan fingerprint density at radius 2 is 2.42 bits per heavy atom. The lowest BCUT2D eigenvalue weighted by atomic mass is 10.1. The molecule has 0 aliphatic carbocycles. The molecule has 0 aromatic carbocycles. The van der Waals surface area contributed by atoms with E-state index in [0.29, 0.717) is 6.54 Å². The van der Waals surface area contributed by atoms with Gasteiger partial charge in [-0.15, -0.1) is 11.8 Å². The van der Waals surface area contributed by atoms with Crippen LogP contribution in [0.3, 0.4) is 0 Å². The number of allylic oxidation sites excluding steroid dienone is 1. The molecule has 1 unspecified atom stereocenters. The molecule has 0 aromatic rings. The summed E-state index contributed by atoms with van der Waals surface area (Å²) in [5.41, 5.74) is 6.23. The Morgan fingerprint density at radius 1 is 1.75 bits per heavy atom. The quantitative estimate of drug-likeness (QED) is 0.691. The van der Waals surface area contributed by atoms with Gasteiger partial charge in [0.25, 0.3) is 5.91 Å². The van der Waals surface area contributed by atoms with E-state index in [1.165, 1.54) is 0 Å². The van der Waals surface area contributed by atoms with Gasteiger partial charge in [0.15, 0.2) is 0 Å². The van der Waals surface area contributed by atoms with Crippen LogP contribution < -0.4 is 5.73 Å². The number of hydrogen-bond acceptors (Lipinski definition) is 3. The zero-order valence-corrected chi connectivity index (χ0v) is 8.02. The van der Waals surface area contributed by atoms with Gasteiger partial charge in [-0.2, -0.15) is 0 Å². The molecular formula is C8H12N2OS. The second kappa shape index (κ2) is 3.87. The summed E-state index contributed by atoms with van der Waals surface area (Å²) in [6, 6.07) is 0. The van der Waals surface area contributed by atoms with E-state index in [-0.39, 0.29) is 11.8 Å². The van der Waals surface area contributed by atoms with Crippen molar-refractivity contribution in [2.75, 3.05) is 12.8 Å². The standard InChI is InChI=1S/C8H12N2OS/c1-5-3-7(12-2)6(4-9)8(11)10-5/h3,6H,4,9H2,1-2H3. The highest BCUT2D eigenvalue weighted by molar-refractivity contribution is 8.02. The van der Waals surface area contributed by atoms with Crippen molar-refractivity contribution in [3.05, 3.63) is 11.0 Å². The molecule has 0 saturated carbocycles. The Balaban J connectivity index is 2.92. The summed E-state index contributed by atoms with van der Waals surface area (Å²) in [7, 11) is 0. The van der Waals surface area contributed by atoms with Gasteiger partial charge in [-0.3, -0.25) is 4.79 Å². The molecule has 0 radical (unpaired) electrons. The highest BCUT2D eigenvalue weighted by Crippen LogP contribution is 2.25. The maximum absolute atomic E-state index is 11.3. The minimum Gasteiger partial charge on any atom is -0.329 e. The molecule has 0 saturated heterocycles. The smallest absolute Gasteiger partial charge is 0.255 e. The largest absolute Gasteiger partial charge is 0.329 e. The lowest BCUT2D eigenvalue weighted by Crippen LogP contribution is -2.26. The molecule has 12 heavy (non-hydrogen) atoms. The summed E-state index contributed by atoms with van der Waals surface area (Å²) in [4.78, 5) is 16.1. The Bertz CT molecular complexity index is 258. The summed E-state index contributed by atoms with van der Waals surface area (Å²) in [6.45, 7) is 2.17. The van der Waals surface area contributed by atoms with Crippen LogP contribution in [0.2, 0.25) is 0 Å². The van der Waals surface area contributed by atoms with Gasteiger partial charge in [-0.05, 0) is 19.3 Å². The van der Waals surface area contributed by atoms with Crippen molar-refractivity contribution in [1.82, 2.24) is 0 Å². The number of nitrogens with zero attached hydrogens (tertiary/aromatic N) is 1. The van der Waals surface area contributed by atoms with Crippen LogP contribution in [0, 0.1) is 5.92 Å². The summed E-state index contributed by atoms with van der Waals surface area (Å²) in [5, 5.41) is 0. The van der Waals surface area contributed by atoms with Crippen molar-refractivity contribution in [3.8, 4) is 0 Å². The molecule has 1 heterocycles. The van der Waals surface area contributed by atoms with Gasteiger partial charge in [0.2, 0.25) is 0 Å². The topological polar surface area (TPSA) is 55.5 Å². The average molecular weight is 184 g/mol. The first-order valence-corrected chi connectivity index (χ1v) is 4.96. The van der Waals surface area contributed by atoms with Crippen molar-refractivity contribution >= 4 is 23.4 Å². The Morgan fingerprint density at radius 3 is 2.92 bits per heavy atom. The molecular weight excluding hydrogens is 172 g/mol. The van der Waals surface area contributed by atoms with E-state index < -0.39 is 0 Å². The lowest BCUT2D eigenvalue weighted by Gasteiger charge is -2.17. The number of carbonyl (C=O) groups excluding carboxylic acids is 1. The van der Waals surface area contributed by atoms with Crippen LogP contribution in [0.15, 0.2) is 16.0 Å². The number of rotatable bonds is 2. The lowest BCUT2D eigenvalue weighted by molar-refractivity contribution is -0.120. The first-order valence-electron chi connectivity index (χ1n) is 3.73. The van der Waals surface area contributed by atoms with Crippen molar-refractivity contribution < 1.29 is 4.79 Å². The Hall–Kier alpha value is -0.610. The maximum atomic E-state index is 11.3. The van der Waals surface area contributed by atoms with Crippen LogP contribution in [0.4, 0.5) is 0 Å². The zero-order valence-electron chi connectivity index (χ0n) is 7.20. The maximum Gasteiger partial charge on any atom is 0.255 e. The number of aliphatic imine (C=N–C) groups is 1. The number of hydrogen-bond donors (Lipinski definition) is 1. The van der Waals surface area contributed by atoms with E-state index in [9.17, 15) is 4.79 Å². The number of dihydropyridines is 1. The molecule has 0 aromatic heterocycles. The SMILES string of the molecule is CSC1=CC(C)=NC(=O)C1CN. The van der Waals surface area contributed by atoms with E-state index in [1.54, 1.807) is 11.8 Å². The summed E-state index contributed by atoms with van der Waals surface area (Å²) in [6.07, 6.45) is 3.87. The summed E-state index contributed by atoms with van der Waals surface area (Å²) >= 11 is 1.57. The van der Waals surface area contributed by atoms with E-state index >= 15 is 0 Å². The van der Waals surface area contributed by atoms with Crippen LogP contribution >= 0.6 is 11.8 Å². The molecule has 1 amide bonds. The Labute approximate surface area is 76.1 Å². The fourth-order valence-electron chi connectivity index (χ4n) is 1.13. The first-order chi connectivity index (χ1) is 5.69. The predicted molar refractivity (Wildman–Crippen MR) is 52.3 cm³/mol. The third-order valence-electron chi connectivity index (χ3n) is 1.75. The normalized spacial score (nSPS) is 23.6. The number of thioether (sulfide) groups is 1. The molecule has 1 aliphatic heterocycles. The van der Waals surface area contributed by atoms with Gasteiger partial charge in [0, 0.05) is 17.2 Å². The van der Waals surface area contributed by atoms with Gasteiger partial charge in [0.05, 0.1) is 5.92 Å². The second-order valence-corrected chi connectivity index (χ2v) is 3.51. The molecule has 3 nitrogen and oxygen atoms in total. The molecule has 2 N–H and O–H groups in total. The number of nitrogens with two attached hydrogens (primary N) is 1. The zero-order chi connectivity index (χ0) is 9.14. The van der Waals surface area contributed by atoms with Gasteiger partial charge in [-0.25, -0.2) is 4.99 Å². The van der Waals surface area contributed by atoms with Crippen LogP contribution in [0.1, 0.15) is 6.92 Å². The predicted octanol–water partition coefficient (Wildman–Crippen LogP) is 0.809. The van der Waals surface area contributed by atoms with Crippen molar-refractivity contribution in [2.24, 2.45) is 16.6 Å². The van der Waals surface area contributed by atoms with Gasteiger partial charge in [0.1, 0.15) is 0 Å². The van der Waals surface area contributed by atoms with Crippen molar-refractivity contribution in [2.45, 2.75) is 6.92 Å². The molecule has 4 heteroatoms. The third kappa shape index (κ3) is 1.76. The highest BCUT2D eigenvalue weighted by Gasteiger charge is 2.23. The highest BCUT2D eigenvalue weighted by atomic mass is 32.2. The monoisotopic (exact) mass is 184 g/mol. The van der Waals surface area contributed by atoms with E-state index in [2.05, 4.69) is 4.99 Å². The molecule has 0 bridgehead atoms. The molecule has 0 spiro atoms. The first kappa shape index (κ1) is 9.48. The molecule has 66 valence electrons. The van der Waals surface area contributed by atoms with Crippen molar-refractivity contribution in [1.29, 1.82) is 0 Å². The summed E-state index contributed by atoms with van der Waals surface area (Å²) < 4.78 is 0. The van der Waals surface area contributed by atoms with E-state index in [4.69, 9.17) is 5.73 Å². The third-order valence-corrected chi connectivity index (χ3v) is 2.62. The van der Waals surface area contributed by atoms with Crippen LogP contribution in [0.25, 0.3) is 0 Å². The molecule has 1 atom stereocenters. The average Bonchev–Trinajstić information content (AvgIpc) is 2.03. The fourth-order valence-corrected chi connectivity index (χ4v) is 1.90. The van der Waals surface area contributed by atoms with Crippen molar-refractivity contribution in [3.63, 3.8) is 0 Å². The van der Waals surface area contributed by atoms with Gasteiger partial charge >= 0.3 is 0 Å². The number of amides is 1. The van der Waals surface area contributed by atoms with Crippen LogP contribution in [-0.2, 0) is 4.79 Å². The molecule has 1 aliphatic rings. The minimum absolute atomic E-state index is 0.109. The Kier molecular flexibility index (Phi) is 3.05. The second-order valence-electron chi connectivity index (χ2n) is 2.63. The minimum atomic E-state index is -0.205. The molecule has 0 fully saturated rings. The van der Waals surface area contributed by atoms with Crippen LogP contribution in [0.5, 0.6) is 0 Å². The van der Waals surface area contributed by atoms with Crippen LogP contribution in [-0.4, -0.2) is 24.4 Å². The van der Waals surface area contributed by atoms with Gasteiger partial charge < -0.3 is 5.73 Å². The van der Waals surface area contributed by atoms with E-state index in [0.717, 1.165) is 10.6 Å². The fraction of sp³-hybridized carbons (Fsp3) is 0.500. The van der Waals surface area contributed by atoms with E-state index in [1.807, 2.05) is 19.3 Å². The molecule has 1 rings (SSSR count). The van der Waals surface area contributed by atoms with Gasteiger partial charge in [-0.1, -0.05) is 0 Å².